The molecule has 0 fully saturated rings. The number of halogens is 1. The monoisotopic (exact) mass is 270 g/mol. The Kier molecular flexibility index (Phi) is 3.56. The van der Waals surface area contributed by atoms with Gasteiger partial charge in [0, 0.05) is 0 Å². The molecular formula is C8H9ClTe. The van der Waals surface area contributed by atoms with E-state index in [-0.39, 0.29) is 20.9 Å². The molecule has 1 aromatic rings. The fraction of sp³-hybridized carbons (Fsp3) is 0.250. The van der Waals surface area contributed by atoms with Crippen LogP contribution in [0.15, 0.2) is 24.3 Å². The molecule has 0 atom stereocenters. The van der Waals surface area contributed by atoms with Gasteiger partial charge < -0.3 is 0 Å². The number of rotatable bonds is 2. The molecule has 10 heavy (non-hydrogen) atoms. The van der Waals surface area contributed by atoms with Crippen LogP contribution in [0.4, 0.5) is 0 Å². The second kappa shape index (κ2) is 4.23. The van der Waals surface area contributed by atoms with E-state index < -0.39 is 0 Å². The van der Waals surface area contributed by atoms with Gasteiger partial charge in [0.1, 0.15) is 0 Å². The van der Waals surface area contributed by atoms with Crippen LogP contribution < -0.4 is 0 Å². The van der Waals surface area contributed by atoms with Crippen molar-refractivity contribution in [1.82, 2.24) is 0 Å². The van der Waals surface area contributed by atoms with Crippen LogP contribution in [0.1, 0.15) is 5.56 Å². The fourth-order valence-electron chi connectivity index (χ4n) is 0.747. The quantitative estimate of drug-likeness (QED) is 0.723. The van der Waals surface area contributed by atoms with Gasteiger partial charge in [-0.2, -0.15) is 0 Å². The Morgan fingerprint density at radius 1 is 1.30 bits per heavy atom. The van der Waals surface area contributed by atoms with E-state index in [1.807, 2.05) is 12.1 Å². The topological polar surface area (TPSA) is 0 Å². The fourth-order valence-corrected chi connectivity index (χ4v) is 2.37. The van der Waals surface area contributed by atoms with Crippen LogP contribution in [0.3, 0.4) is 0 Å². The summed E-state index contributed by atoms with van der Waals surface area (Å²) in [6, 6.07) is 8.13. The number of benzene rings is 1. The van der Waals surface area contributed by atoms with Crippen molar-refractivity contribution in [2.75, 3.05) is 0 Å². The van der Waals surface area contributed by atoms with Gasteiger partial charge in [-0.05, 0) is 0 Å². The first kappa shape index (κ1) is 8.40. The third-order valence-electron chi connectivity index (χ3n) is 1.22. The van der Waals surface area contributed by atoms with Crippen molar-refractivity contribution in [3.63, 3.8) is 0 Å². The van der Waals surface area contributed by atoms with Crippen LogP contribution in [0.5, 0.6) is 0 Å². The van der Waals surface area contributed by atoms with E-state index in [1.165, 1.54) is 10.0 Å². The summed E-state index contributed by atoms with van der Waals surface area (Å²) in [6.45, 7) is 0. The van der Waals surface area contributed by atoms with Gasteiger partial charge in [0.05, 0.1) is 0 Å². The van der Waals surface area contributed by atoms with Gasteiger partial charge in [0.15, 0.2) is 0 Å². The molecule has 0 aliphatic rings. The number of hydrogen-bond donors (Lipinski definition) is 0. The molecule has 0 aliphatic carbocycles. The Hall–Kier alpha value is 0.300. The van der Waals surface area contributed by atoms with E-state index in [0.29, 0.717) is 0 Å². The van der Waals surface area contributed by atoms with Gasteiger partial charge in [-0.25, -0.2) is 0 Å². The molecule has 0 bridgehead atoms. The molecule has 0 unspecified atom stereocenters. The Morgan fingerprint density at radius 2 is 1.90 bits per heavy atom. The van der Waals surface area contributed by atoms with Crippen molar-refractivity contribution in [2.45, 2.75) is 9.44 Å². The third-order valence-corrected chi connectivity index (χ3v) is 3.25. The van der Waals surface area contributed by atoms with Crippen molar-refractivity contribution in [3.05, 3.63) is 34.9 Å². The maximum absolute atomic E-state index is 5.72. The van der Waals surface area contributed by atoms with Crippen LogP contribution >= 0.6 is 11.6 Å². The summed E-state index contributed by atoms with van der Waals surface area (Å²) in [7, 11) is 0. The minimum absolute atomic E-state index is 0.227. The second-order valence-electron chi connectivity index (χ2n) is 2.06. The van der Waals surface area contributed by atoms with Crippen LogP contribution in [-0.2, 0) is 4.47 Å². The van der Waals surface area contributed by atoms with Gasteiger partial charge in [-0.15, -0.1) is 0 Å². The van der Waals surface area contributed by atoms with Crippen LogP contribution in [0.25, 0.3) is 0 Å². The molecule has 0 radical (unpaired) electrons. The van der Waals surface area contributed by atoms with Crippen LogP contribution in [0.2, 0.25) is 9.99 Å². The molecule has 0 saturated carbocycles. The molecule has 0 heterocycles. The minimum atomic E-state index is 0.227. The van der Waals surface area contributed by atoms with Crippen molar-refractivity contribution in [1.29, 1.82) is 0 Å². The zero-order chi connectivity index (χ0) is 7.40. The summed E-state index contributed by atoms with van der Waals surface area (Å²) in [4.78, 5) is 2.31. The summed E-state index contributed by atoms with van der Waals surface area (Å²) in [6.07, 6.45) is 0. The van der Waals surface area contributed by atoms with Crippen LogP contribution in [-0.4, -0.2) is 20.9 Å². The molecule has 0 aromatic heterocycles. The van der Waals surface area contributed by atoms with E-state index in [2.05, 4.69) is 17.1 Å². The molecule has 0 nitrogen and oxygen atoms in total. The average Bonchev–Trinajstić information content (AvgIpc) is 1.95. The summed E-state index contributed by atoms with van der Waals surface area (Å²) < 4.78 is 1.28. The Labute approximate surface area is 76.7 Å². The molecule has 0 N–H and O–H groups in total. The predicted octanol–water partition coefficient (Wildman–Crippen LogP) is 2.59. The molecule has 0 saturated heterocycles. The summed E-state index contributed by atoms with van der Waals surface area (Å²) in [5.74, 6) is 0. The van der Waals surface area contributed by atoms with Gasteiger partial charge in [-0.3, -0.25) is 0 Å². The number of hydrogen-bond acceptors (Lipinski definition) is 0. The summed E-state index contributed by atoms with van der Waals surface area (Å²) in [5, 5.41) is 0.834. The Bertz CT molecular complexity index is 193. The zero-order valence-electron chi connectivity index (χ0n) is 5.80. The van der Waals surface area contributed by atoms with Crippen LogP contribution in [0, 0.1) is 0 Å². The molecule has 1 rings (SSSR count). The molecule has 1 aromatic carbocycles. The predicted molar refractivity (Wildman–Crippen MR) is 46.8 cm³/mol. The zero-order valence-corrected chi connectivity index (χ0v) is 8.89. The molecule has 0 aliphatic heterocycles. The SMILES string of the molecule is C[Te]Cc1ccc(Cl)cc1. The van der Waals surface area contributed by atoms with Crippen molar-refractivity contribution >= 4 is 32.5 Å². The van der Waals surface area contributed by atoms with Gasteiger partial charge in [0.2, 0.25) is 0 Å². The summed E-state index contributed by atoms with van der Waals surface area (Å²) in [5.41, 5.74) is 1.43. The molecule has 0 spiro atoms. The standard InChI is InChI=1S/C8H9ClTe/c1-10-6-7-2-4-8(9)5-3-7/h2-5H,6H2,1H3. The second-order valence-corrected chi connectivity index (χ2v) is 4.97. The molecule has 0 amide bonds. The Morgan fingerprint density at radius 3 is 2.40 bits per heavy atom. The average molecular weight is 268 g/mol. The van der Waals surface area contributed by atoms with Crippen molar-refractivity contribution in [3.8, 4) is 0 Å². The maximum atomic E-state index is 5.72. The first-order valence-electron chi connectivity index (χ1n) is 3.06. The first-order valence-corrected chi connectivity index (χ1v) is 7.42. The van der Waals surface area contributed by atoms with E-state index in [4.69, 9.17) is 11.6 Å². The van der Waals surface area contributed by atoms with E-state index >= 15 is 0 Å². The normalized spacial score (nSPS) is 9.80. The van der Waals surface area contributed by atoms with Gasteiger partial charge >= 0.3 is 76.8 Å². The first-order chi connectivity index (χ1) is 4.83. The third kappa shape index (κ3) is 2.50. The van der Waals surface area contributed by atoms with Gasteiger partial charge in [-0.1, -0.05) is 0 Å². The molecule has 2 heteroatoms. The van der Waals surface area contributed by atoms with Crippen molar-refractivity contribution in [2.24, 2.45) is 0 Å². The summed E-state index contributed by atoms with van der Waals surface area (Å²) >= 11 is 5.95. The Balaban J connectivity index is 2.69. The van der Waals surface area contributed by atoms with Crippen molar-refractivity contribution < 1.29 is 0 Å². The van der Waals surface area contributed by atoms with E-state index in [0.717, 1.165) is 5.02 Å². The van der Waals surface area contributed by atoms with E-state index in [1.54, 1.807) is 0 Å². The molecular weight excluding hydrogens is 259 g/mol. The molecule has 54 valence electrons. The van der Waals surface area contributed by atoms with E-state index in [9.17, 15) is 0 Å². The van der Waals surface area contributed by atoms with Gasteiger partial charge in [0.25, 0.3) is 0 Å².